The normalized spacial score (nSPS) is 17.6. The molecular formula is C36H51NO3. The molecule has 1 saturated carbocycles. The van der Waals surface area contributed by atoms with Gasteiger partial charge in [0.2, 0.25) is 0 Å². The van der Waals surface area contributed by atoms with Gasteiger partial charge >= 0.3 is 5.97 Å². The minimum Gasteiger partial charge on any atom is -0.494 e. The van der Waals surface area contributed by atoms with Gasteiger partial charge in [-0.05, 0) is 79.0 Å². The van der Waals surface area contributed by atoms with Gasteiger partial charge < -0.3 is 9.47 Å². The molecule has 1 aliphatic rings. The molecular weight excluding hydrogens is 494 g/mol. The van der Waals surface area contributed by atoms with E-state index in [1.807, 2.05) is 24.3 Å². The van der Waals surface area contributed by atoms with E-state index in [-0.39, 0.29) is 0 Å². The van der Waals surface area contributed by atoms with Crippen LogP contribution in [0.15, 0.2) is 42.5 Å². The molecule has 4 nitrogen and oxygen atoms in total. The van der Waals surface area contributed by atoms with E-state index < -0.39 is 5.97 Å². The highest BCUT2D eigenvalue weighted by molar-refractivity contribution is 5.91. The molecule has 0 N–H and O–H groups in total. The highest BCUT2D eigenvalue weighted by Crippen LogP contribution is 2.34. The van der Waals surface area contributed by atoms with Gasteiger partial charge in [0.05, 0.1) is 17.7 Å². The number of aryl methyl sites for hydroxylation is 1. The van der Waals surface area contributed by atoms with Crippen LogP contribution in [-0.2, 0) is 6.42 Å². The lowest BCUT2D eigenvalue weighted by Gasteiger charge is -2.28. The molecule has 0 saturated heterocycles. The van der Waals surface area contributed by atoms with E-state index in [1.54, 1.807) is 18.2 Å². The van der Waals surface area contributed by atoms with Crippen molar-refractivity contribution in [1.82, 2.24) is 0 Å². The maximum Gasteiger partial charge on any atom is 0.343 e. The van der Waals surface area contributed by atoms with Gasteiger partial charge in [-0.15, -0.1) is 0 Å². The van der Waals surface area contributed by atoms with Crippen molar-refractivity contribution in [3.63, 3.8) is 0 Å². The fourth-order valence-corrected chi connectivity index (χ4v) is 5.78. The summed E-state index contributed by atoms with van der Waals surface area (Å²) in [6, 6.07) is 14.9. The van der Waals surface area contributed by atoms with E-state index in [1.165, 1.54) is 77.0 Å². The Labute approximate surface area is 243 Å². The number of ether oxygens (including phenoxy) is 2. The first-order valence-electron chi connectivity index (χ1n) is 16.0. The quantitative estimate of drug-likeness (QED) is 0.113. The molecule has 1 atom stereocenters. The lowest BCUT2D eigenvalue weighted by molar-refractivity contribution is 0.0734. The number of carbonyl (C=O) groups excluding carboxylic acids is 1. The molecule has 1 fully saturated rings. The largest absolute Gasteiger partial charge is 0.494 e. The van der Waals surface area contributed by atoms with Gasteiger partial charge in [0.15, 0.2) is 0 Å². The van der Waals surface area contributed by atoms with Crippen molar-refractivity contribution in [2.75, 3.05) is 6.61 Å². The van der Waals surface area contributed by atoms with E-state index in [0.29, 0.717) is 23.5 Å². The SMILES string of the molecule is CCCCC[C@H]1CC[C@H](CCc2ccc(OC(=O)c3ccc(OCCCCC[C@@H](C)CC)cc3)c(C#N)c2)CC1. The Morgan fingerprint density at radius 3 is 2.33 bits per heavy atom. The molecule has 0 spiro atoms. The van der Waals surface area contributed by atoms with Gasteiger partial charge in [0.1, 0.15) is 17.6 Å². The van der Waals surface area contributed by atoms with Gasteiger partial charge in [-0.1, -0.05) is 104 Å². The molecule has 0 bridgehead atoms. The van der Waals surface area contributed by atoms with E-state index in [9.17, 15) is 10.1 Å². The summed E-state index contributed by atoms with van der Waals surface area (Å²) in [5.74, 6) is 3.13. The Morgan fingerprint density at radius 1 is 0.925 bits per heavy atom. The topological polar surface area (TPSA) is 59.3 Å². The third-order valence-corrected chi connectivity index (χ3v) is 8.79. The second-order valence-corrected chi connectivity index (χ2v) is 12.0. The average molecular weight is 546 g/mol. The minimum absolute atomic E-state index is 0.321. The summed E-state index contributed by atoms with van der Waals surface area (Å²) in [7, 11) is 0. The molecule has 0 aromatic heterocycles. The molecule has 2 aromatic carbocycles. The zero-order valence-corrected chi connectivity index (χ0v) is 25.3. The zero-order chi connectivity index (χ0) is 28.6. The number of carbonyl (C=O) groups is 1. The summed E-state index contributed by atoms with van der Waals surface area (Å²) >= 11 is 0. The Kier molecular flexibility index (Phi) is 14.1. The predicted molar refractivity (Wildman–Crippen MR) is 164 cm³/mol. The Morgan fingerprint density at radius 2 is 1.65 bits per heavy atom. The van der Waals surface area contributed by atoms with Crippen LogP contribution in [0, 0.1) is 29.1 Å². The van der Waals surface area contributed by atoms with Gasteiger partial charge in [0, 0.05) is 0 Å². The lowest BCUT2D eigenvalue weighted by atomic mass is 9.78. The van der Waals surface area contributed by atoms with Crippen molar-refractivity contribution in [2.45, 2.75) is 117 Å². The number of nitriles is 1. The van der Waals surface area contributed by atoms with E-state index in [4.69, 9.17) is 9.47 Å². The molecule has 218 valence electrons. The molecule has 1 aliphatic carbocycles. The standard InChI is InChI=1S/C36H51NO3/c1-4-6-8-12-29-13-15-30(16-14-29)17-18-31-19-24-35(33(26-31)27-37)40-36(38)32-20-22-34(23-21-32)39-25-10-7-9-11-28(3)5-2/h19-24,26,28-30H,4-18,25H2,1-3H3/t28-,29-,30-/m0/s1. The molecule has 3 rings (SSSR count). The summed E-state index contributed by atoms with van der Waals surface area (Å²) in [6.45, 7) is 7.51. The predicted octanol–water partition coefficient (Wildman–Crippen LogP) is 10.1. The van der Waals surface area contributed by atoms with Crippen molar-refractivity contribution >= 4 is 5.97 Å². The number of esters is 1. The van der Waals surface area contributed by atoms with E-state index in [0.717, 1.165) is 48.3 Å². The number of rotatable bonds is 17. The van der Waals surface area contributed by atoms with E-state index in [2.05, 4.69) is 26.8 Å². The van der Waals surface area contributed by atoms with Gasteiger partial charge in [0.25, 0.3) is 0 Å². The summed E-state index contributed by atoms with van der Waals surface area (Å²) in [5.41, 5.74) is 2.00. The fraction of sp³-hybridized carbons (Fsp3) is 0.611. The van der Waals surface area contributed by atoms with Gasteiger partial charge in [-0.2, -0.15) is 5.26 Å². The summed E-state index contributed by atoms with van der Waals surface area (Å²) in [4.78, 5) is 12.8. The number of nitrogens with zero attached hydrogens (tertiary/aromatic N) is 1. The van der Waals surface area contributed by atoms with Crippen LogP contribution >= 0.6 is 0 Å². The summed E-state index contributed by atoms with van der Waals surface area (Å²) < 4.78 is 11.5. The maximum absolute atomic E-state index is 12.8. The van der Waals surface area contributed by atoms with Crippen molar-refractivity contribution in [3.8, 4) is 17.6 Å². The molecule has 0 amide bonds. The first kappa shape index (κ1) is 31.7. The average Bonchev–Trinajstić information content (AvgIpc) is 2.99. The monoisotopic (exact) mass is 545 g/mol. The van der Waals surface area contributed by atoms with Crippen LogP contribution < -0.4 is 9.47 Å². The number of benzene rings is 2. The number of hydrogen-bond acceptors (Lipinski definition) is 4. The Balaban J connectivity index is 1.41. The van der Waals surface area contributed by atoms with Crippen LogP contribution in [0.25, 0.3) is 0 Å². The van der Waals surface area contributed by atoms with Crippen LogP contribution in [0.4, 0.5) is 0 Å². The van der Waals surface area contributed by atoms with Crippen LogP contribution in [0.3, 0.4) is 0 Å². The maximum atomic E-state index is 12.8. The molecule has 0 heterocycles. The molecule has 0 radical (unpaired) electrons. The third kappa shape index (κ3) is 11.0. The van der Waals surface area contributed by atoms with Crippen LogP contribution in [-0.4, -0.2) is 12.6 Å². The first-order valence-corrected chi connectivity index (χ1v) is 16.0. The highest BCUT2D eigenvalue weighted by Gasteiger charge is 2.21. The Bertz CT molecular complexity index is 1050. The van der Waals surface area contributed by atoms with Gasteiger partial charge in [-0.3, -0.25) is 0 Å². The van der Waals surface area contributed by atoms with Crippen LogP contribution in [0.5, 0.6) is 11.5 Å². The third-order valence-electron chi connectivity index (χ3n) is 8.79. The van der Waals surface area contributed by atoms with Gasteiger partial charge in [-0.25, -0.2) is 4.79 Å². The highest BCUT2D eigenvalue weighted by atomic mass is 16.5. The molecule has 2 aromatic rings. The van der Waals surface area contributed by atoms with Crippen molar-refractivity contribution in [2.24, 2.45) is 17.8 Å². The fourth-order valence-electron chi connectivity index (χ4n) is 5.78. The summed E-state index contributed by atoms with van der Waals surface area (Å²) in [5, 5.41) is 9.72. The lowest BCUT2D eigenvalue weighted by Crippen LogP contribution is -2.15. The first-order chi connectivity index (χ1) is 19.5. The zero-order valence-electron chi connectivity index (χ0n) is 25.3. The van der Waals surface area contributed by atoms with Crippen molar-refractivity contribution < 1.29 is 14.3 Å². The molecule has 0 aliphatic heterocycles. The second-order valence-electron chi connectivity index (χ2n) is 12.0. The molecule has 4 heteroatoms. The minimum atomic E-state index is -0.462. The second kappa shape index (κ2) is 17.8. The van der Waals surface area contributed by atoms with Crippen molar-refractivity contribution in [3.05, 3.63) is 59.2 Å². The molecule has 40 heavy (non-hydrogen) atoms. The summed E-state index contributed by atoms with van der Waals surface area (Å²) in [6.07, 6.45) is 19.0. The molecule has 0 unspecified atom stereocenters. The van der Waals surface area contributed by atoms with Crippen LogP contribution in [0.1, 0.15) is 132 Å². The van der Waals surface area contributed by atoms with Crippen LogP contribution in [0.2, 0.25) is 0 Å². The van der Waals surface area contributed by atoms with Crippen molar-refractivity contribution in [1.29, 1.82) is 5.26 Å². The smallest absolute Gasteiger partial charge is 0.343 e. The number of hydrogen-bond donors (Lipinski definition) is 0. The number of unbranched alkanes of at least 4 members (excludes halogenated alkanes) is 4. The van der Waals surface area contributed by atoms with E-state index >= 15 is 0 Å². The Hall–Kier alpha value is -2.80.